The molecule has 0 saturated carbocycles. The van der Waals surface area contributed by atoms with Crippen molar-refractivity contribution in [2.24, 2.45) is 12.8 Å². The zero-order valence-electron chi connectivity index (χ0n) is 10.2. The first kappa shape index (κ1) is 11.7. The Hall–Kier alpha value is -1.75. The minimum Gasteiger partial charge on any atom is -0.331 e. The van der Waals surface area contributed by atoms with E-state index in [1.54, 1.807) is 12.5 Å². The van der Waals surface area contributed by atoms with Gasteiger partial charge in [0.05, 0.1) is 12.5 Å². The van der Waals surface area contributed by atoms with Gasteiger partial charge in [-0.15, -0.1) is 0 Å². The van der Waals surface area contributed by atoms with Crippen LogP contribution < -0.4 is 5.73 Å². The lowest BCUT2D eigenvalue weighted by molar-refractivity contribution is 0.643. The second-order valence-electron chi connectivity index (χ2n) is 4.18. The molecule has 2 heterocycles. The molecular formula is C12H17N5. The van der Waals surface area contributed by atoms with E-state index >= 15 is 0 Å². The lowest BCUT2D eigenvalue weighted by atomic mass is 10.1. The minimum atomic E-state index is 0.182. The Balaban J connectivity index is 2.16. The quantitative estimate of drug-likeness (QED) is 0.857. The van der Waals surface area contributed by atoms with Crippen molar-refractivity contribution in [3.63, 3.8) is 0 Å². The van der Waals surface area contributed by atoms with Gasteiger partial charge in [-0.2, -0.15) is 0 Å². The van der Waals surface area contributed by atoms with Crippen LogP contribution in [0, 0.1) is 0 Å². The molecule has 2 aromatic rings. The van der Waals surface area contributed by atoms with Crippen molar-refractivity contribution in [3.05, 3.63) is 30.5 Å². The first-order valence-electron chi connectivity index (χ1n) is 5.74. The fraction of sp³-hybridized carbons (Fsp3) is 0.417. The highest BCUT2D eigenvalue weighted by molar-refractivity contribution is 5.47. The van der Waals surface area contributed by atoms with E-state index in [0.29, 0.717) is 5.82 Å². The predicted molar refractivity (Wildman–Crippen MR) is 66.2 cm³/mol. The van der Waals surface area contributed by atoms with Gasteiger partial charge in [0.25, 0.3) is 0 Å². The Labute approximate surface area is 101 Å². The molecule has 0 aliphatic heterocycles. The van der Waals surface area contributed by atoms with Crippen molar-refractivity contribution in [1.29, 1.82) is 0 Å². The number of hydrogen-bond acceptors (Lipinski definition) is 4. The molecule has 17 heavy (non-hydrogen) atoms. The summed E-state index contributed by atoms with van der Waals surface area (Å²) in [4.78, 5) is 12.7. The van der Waals surface area contributed by atoms with Crippen LogP contribution in [0.1, 0.15) is 18.9 Å². The third kappa shape index (κ3) is 2.68. The van der Waals surface area contributed by atoms with Gasteiger partial charge in [-0.25, -0.2) is 15.0 Å². The van der Waals surface area contributed by atoms with Crippen molar-refractivity contribution in [1.82, 2.24) is 19.5 Å². The average molecular weight is 231 g/mol. The van der Waals surface area contributed by atoms with E-state index in [-0.39, 0.29) is 6.04 Å². The van der Waals surface area contributed by atoms with Gasteiger partial charge in [0.15, 0.2) is 5.82 Å². The summed E-state index contributed by atoms with van der Waals surface area (Å²) < 4.78 is 1.90. The van der Waals surface area contributed by atoms with Crippen LogP contribution in [0.4, 0.5) is 0 Å². The number of aromatic nitrogens is 4. The van der Waals surface area contributed by atoms with E-state index in [2.05, 4.69) is 21.9 Å². The zero-order valence-corrected chi connectivity index (χ0v) is 10.2. The van der Waals surface area contributed by atoms with E-state index < -0.39 is 0 Å². The molecule has 0 spiro atoms. The molecule has 0 radical (unpaired) electrons. The zero-order chi connectivity index (χ0) is 12.3. The first-order valence-corrected chi connectivity index (χ1v) is 5.74. The second kappa shape index (κ2) is 5.05. The molecule has 0 fully saturated rings. The molecule has 1 atom stereocenters. The molecule has 0 amide bonds. The van der Waals surface area contributed by atoms with Crippen LogP contribution in [0.5, 0.6) is 0 Å². The topological polar surface area (TPSA) is 69.6 Å². The van der Waals surface area contributed by atoms with Crippen LogP contribution in [-0.4, -0.2) is 25.6 Å². The smallest absolute Gasteiger partial charge is 0.177 e. The van der Waals surface area contributed by atoms with Gasteiger partial charge in [0.1, 0.15) is 5.69 Å². The third-order valence-corrected chi connectivity index (χ3v) is 2.77. The molecular weight excluding hydrogens is 214 g/mol. The molecule has 0 aliphatic carbocycles. The molecule has 0 bridgehead atoms. The maximum atomic E-state index is 5.89. The number of imidazole rings is 1. The lowest BCUT2D eigenvalue weighted by Crippen LogP contribution is -2.21. The standard InChI is InChI=1S/C12H17N5/c1-3-10(13)4-9-5-15-12(16-6-9)11-7-14-8-17(11)2/h5-8,10H,3-4,13H2,1-2H3. The molecule has 0 saturated heterocycles. The van der Waals surface area contributed by atoms with E-state index in [1.807, 2.05) is 24.0 Å². The lowest BCUT2D eigenvalue weighted by Gasteiger charge is -2.08. The summed E-state index contributed by atoms with van der Waals surface area (Å²) in [6.07, 6.45) is 8.95. The largest absolute Gasteiger partial charge is 0.331 e. The molecule has 2 N–H and O–H groups in total. The number of nitrogens with two attached hydrogens (primary N) is 1. The SMILES string of the molecule is CCC(N)Cc1cnc(-c2cncn2C)nc1. The van der Waals surface area contributed by atoms with Gasteiger partial charge < -0.3 is 10.3 Å². The minimum absolute atomic E-state index is 0.182. The molecule has 5 nitrogen and oxygen atoms in total. The summed E-state index contributed by atoms with van der Waals surface area (Å²) in [5, 5.41) is 0. The van der Waals surface area contributed by atoms with Gasteiger partial charge >= 0.3 is 0 Å². The van der Waals surface area contributed by atoms with E-state index in [9.17, 15) is 0 Å². The summed E-state index contributed by atoms with van der Waals surface area (Å²) in [7, 11) is 1.92. The van der Waals surface area contributed by atoms with Gasteiger partial charge in [-0.05, 0) is 18.4 Å². The molecule has 2 rings (SSSR count). The monoisotopic (exact) mass is 231 g/mol. The molecule has 1 unspecified atom stereocenters. The predicted octanol–water partition coefficient (Wildman–Crippen LogP) is 1.16. The maximum absolute atomic E-state index is 5.89. The summed E-state index contributed by atoms with van der Waals surface area (Å²) >= 11 is 0. The molecule has 90 valence electrons. The Morgan fingerprint density at radius 1 is 1.29 bits per heavy atom. The highest BCUT2D eigenvalue weighted by Gasteiger charge is 2.06. The fourth-order valence-corrected chi connectivity index (χ4v) is 1.61. The molecule has 0 aromatic carbocycles. The summed E-state index contributed by atoms with van der Waals surface area (Å²) in [5.41, 5.74) is 7.88. The van der Waals surface area contributed by atoms with Crippen LogP contribution in [0.2, 0.25) is 0 Å². The summed E-state index contributed by atoms with van der Waals surface area (Å²) in [5.74, 6) is 0.693. The van der Waals surface area contributed by atoms with Crippen LogP contribution in [-0.2, 0) is 13.5 Å². The Morgan fingerprint density at radius 2 is 2.00 bits per heavy atom. The molecule has 5 heteroatoms. The molecule has 0 aliphatic rings. The number of hydrogen-bond donors (Lipinski definition) is 1. The first-order chi connectivity index (χ1) is 8.20. The van der Waals surface area contributed by atoms with Crippen molar-refractivity contribution >= 4 is 0 Å². The van der Waals surface area contributed by atoms with Crippen LogP contribution >= 0.6 is 0 Å². The van der Waals surface area contributed by atoms with Crippen molar-refractivity contribution < 1.29 is 0 Å². The Morgan fingerprint density at radius 3 is 2.53 bits per heavy atom. The normalized spacial score (nSPS) is 12.6. The van der Waals surface area contributed by atoms with Crippen LogP contribution in [0.15, 0.2) is 24.9 Å². The van der Waals surface area contributed by atoms with Gasteiger partial charge in [-0.3, -0.25) is 0 Å². The van der Waals surface area contributed by atoms with E-state index in [1.165, 1.54) is 0 Å². The highest BCUT2D eigenvalue weighted by Crippen LogP contribution is 2.12. The third-order valence-electron chi connectivity index (χ3n) is 2.77. The van der Waals surface area contributed by atoms with Crippen molar-refractivity contribution in [2.75, 3.05) is 0 Å². The van der Waals surface area contributed by atoms with Gasteiger partial charge in [0, 0.05) is 25.5 Å². The second-order valence-corrected chi connectivity index (χ2v) is 4.18. The van der Waals surface area contributed by atoms with Crippen LogP contribution in [0.25, 0.3) is 11.5 Å². The highest BCUT2D eigenvalue weighted by atomic mass is 15.1. The fourth-order valence-electron chi connectivity index (χ4n) is 1.61. The van der Waals surface area contributed by atoms with E-state index in [4.69, 9.17) is 5.73 Å². The van der Waals surface area contributed by atoms with E-state index in [0.717, 1.165) is 24.1 Å². The van der Waals surface area contributed by atoms with Crippen LogP contribution in [0.3, 0.4) is 0 Å². The average Bonchev–Trinajstić information content (AvgIpc) is 2.76. The van der Waals surface area contributed by atoms with Crippen molar-refractivity contribution in [2.45, 2.75) is 25.8 Å². The molecule has 2 aromatic heterocycles. The summed E-state index contributed by atoms with van der Waals surface area (Å²) in [6.45, 7) is 2.08. The van der Waals surface area contributed by atoms with Crippen molar-refractivity contribution in [3.8, 4) is 11.5 Å². The maximum Gasteiger partial charge on any atom is 0.177 e. The van der Waals surface area contributed by atoms with Gasteiger partial charge in [-0.1, -0.05) is 6.92 Å². The Bertz CT molecular complexity index is 474. The summed E-state index contributed by atoms with van der Waals surface area (Å²) in [6, 6.07) is 0.182. The number of nitrogens with zero attached hydrogens (tertiary/aromatic N) is 4. The number of aryl methyl sites for hydroxylation is 1. The Kier molecular flexibility index (Phi) is 3.49. The number of rotatable bonds is 4. The van der Waals surface area contributed by atoms with Gasteiger partial charge in [0.2, 0.25) is 0 Å².